The normalized spacial score (nSPS) is 31.4. The lowest BCUT2D eigenvalue weighted by Gasteiger charge is -2.38. The van der Waals surface area contributed by atoms with E-state index in [2.05, 4.69) is 17.2 Å². The highest BCUT2D eigenvalue weighted by Gasteiger charge is 2.42. The summed E-state index contributed by atoms with van der Waals surface area (Å²) >= 11 is 0. The van der Waals surface area contributed by atoms with Crippen LogP contribution in [0.25, 0.3) is 0 Å². The molecule has 0 aromatic heterocycles. The van der Waals surface area contributed by atoms with E-state index in [0.717, 1.165) is 24.0 Å². The molecule has 1 aliphatic carbocycles. The van der Waals surface area contributed by atoms with Gasteiger partial charge in [-0.3, -0.25) is 9.59 Å². The number of carbonyl (C=O) groups is 2. The largest absolute Gasteiger partial charge is 0.391 e. The molecule has 5 rings (SSSR count). The summed E-state index contributed by atoms with van der Waals surface area (Å²) in [7, 11) is 0. The number of piperidine rings is 1. The molecule has 3 aliphatic heterocycles. The van der Waals surface area contributed by atoms with E-state index in [0.29, 0.717) is 56.5 Å². The van der Waals surface area contributed by atoms with Crippen LogP contribution in [0.2, 0.25) is 0 Å². The highest BCUT2D eigenvalue weighted by Crippen LogP contribution is 2.38. The topological polar surface area (TPSA) is 70.7 Å². The Bertz CT molecular complexity index is 1020. The van der Waals surface area contributed by atoms with Crippen LogP contribution < -0.4 is 10.6 Å². The molecule has 3 fully saturated rings. The number of nitrogens with one attached hydrogen (secondary N) is 2. The maximum Gasteiger partial charge on any atom is 0.391 e. The summed E-state index contributed by atoms with van der Waals surface area (Å²) in [5.41, 5.74) is 3.30. The third-order valence-electron chi connectivity index (χ3n) is 8.22. The molecular weight excluding hydrogens is 471 g/mol. The maximum atomic E-state index is 13.0. The minimum Gasteiger partial charge on any atom is -0.376 e. The number of rotatable bonds is 5. The molecule has 196 valence electrons. The molecule has 2 amide bonds. The number of ether oxygens (including phenoxy) is 1. The van der Waals surface area contributed by atoms with Gasteiger partial charge in [0.2, 0.25) is 5.91 Å². The van der Waals surface area contributed by atoms with E-state index in [9.17, 15) is 22.8 Å². The van der Waals surface area contributed by atoms with E-state index >= 15 is 0 Å². The van der Waals surface area contributed by atoms with Crippen LogP contribution in [0.3, 0.4) is 0 Å². The first-order valence-corrected chi connectivity index (χ1v) is 13.0. The van der Waals surface area contributed by atoms with Gasteiger partial charge in [0.1, 0.15) is 6.04 Å². The maximum absolute atomic E-state index is 13.0. The number of alkyl halides is 3. The second-order valence-electron chi connectivity index (χ2n) is 10.7. The summed E-state index contributed by atoms with van der Waals surface area (Å²) in [6, 6.07) is 5.53. The first-order valence-electron chi connectivity index (χ1n) is 13.0. The molecule has 0 spiro atoms. The van der Waals surface area contributed by atoms with Crippen molar-refractivity contribution in [2.75, 3.05) is 6.61 Å². The Hall–Kier alpha value is -2.39. The van der Waals surface area contributed by atoms with E-state index in [4.69, 9.17) is 4.74 Å². The van der Waals surface area contributed by atoms with Crippen molar-refractivity contribution >= 4 is 11.8 Å². The standard InChI is InChI=1S/C27H34F3N3O3/c1-16-4-11-23(25(34)31-16)33-15-18-13-17(5-10-21(18)26(33)35)14-24-22(3-2-12-36-24)32-20-8-6-19(7-9-20)27(28,29)30/h5,10,13,19-20,22-24,32H,1-4,6-9,11-12,14-15H2,(H,31,34)/t19-,20+,22-,23?,24+/m0/s1. The summed E-state index contributed by atoms with van der Waals surface area (Å²) in [5, 5.41) is 6.37. The average Bonchev–Trinajstić information content (AvgIpc) is 3.15. The van der Waals surface area contributed by atoms with Crippen molar-refractivity contribution in [2.45, 2.75) is 94.7 Å². The van der Waals surface area contributed by atoms with E-state index < -0.39 is 18.1 Å². The third-order valence-corrected chi connectivity index (χ3v) is 8.22. The first-order chi connectivity index (χ1) is 17.2. The van der Waals surface area contributed by atoms with Crippen molar-refractivity contribution in [3.05, 3.63) is 47.2 Å². The molecule has 36 heavy (non-hydrogen) atoms. The van der Waals surface area contributed by atoms with Crippen LogP contribution in [0, 0.1) is 5.92 Å². The number of allylic oxidation sites excluding steroid dienone is 1. The van der Waals surface area contributed by atoms with Gasteiger partial charge in [-0.25, -0.2) is 0 Å². The Morgan fingerprint density at radius 3 is 2.61 bits per heavy atom. The predicted molar refractivity (Wildman–Crippen MR) is 128 cm³/mol. The fraction of sp³-hybridized carbons (Fsp3) is 0.630. The van der Waals surface area contributed by atoms with Crippen LogP contribution in [0.5, 0.6) is 0 Å². The van der Waals surface area contributed by atoms with Crippen molar-refractivity contribution in [1.29, 1.82) is 0 Å². The smallest absolute Gasteiger partial charge is 0.376 e. The molecule has 0 radical (unpaired) electrons. The summed E-state index contributed by atoms with van der Waals surface area (Å²) in [5.74, 6) is -1.48. The van der Waals surface area contributed by atoms with E-state index in [-0.39, 0.29) is 42.8 Å². The number of fused-ring (bicyclic) bond motifs is 1. The van der Waals surface area contributed by atoms with Crippen LogP contribution in [-0.4, -0.2) is 53.7 Å². The molecule has 2 N–H and O–H groups in total. The number of hydrogen-bond acceptors (Lipinski definition) is 4. The molecule has 1 saturated carbocycles. The van der Waals surface area contributed by atoms with Crippen molar-refractivity contribution in [3.63, 3.8) is 0 Å². The lowest BCUT2D eigenvalue weighted by Crippen LogP contribution is -2.51. The van der Waals surface area contributed by atoms with E-state index in [1.165, 1.54) is 0 Å². The Balaban J connectivity index is 1.21. The second-order valence-corrected chi connectivity index (χ2v) is 10.7. The Morgan fingerprint density at radius 2 is 1.89 bits per heavy atom. The van der Waals surface area contributed by atoms with Crippen molar-refractivity contribution in [2.24, 2.45) is 5.92 Å². The number of benzene rings is 1. The minimum atomic E-state index is -4.10. The molecule has 3 heterocycles. The third kappa shape index (κ3) is 5.32. The highest BCUT2D eigenvalue weighted by molar-refractivity contribution is 6.01. The molecule has 3 atom stereocenters. The molecule has 4 aliphatic rings. The quantitative estimate of drug-likeness (QED) is 0.628. The molecule has 9 heteroatoms. The van der Waals surface area contributed by atoms with E-state index in [1.807, 2.05) is 18.2 Å². The number of carbonyl (C=O) groups excluding carboxylic acids is 2. The zero-order valence-corrected chi connectivity index (χ0v) is 20.4. The summed E-state index contributed by atoms with van der Waals surface area (Å²) in [6.45, 7) is 4.88. The summed E-state index contributed by atoms with van der Waals surface area (Å²) in [6.07, 6.45) is 1.03. The zero-order chi connectivity index (χ0) is 25.4. The summed E-state index contributed by atoms with van der Waals surface area (Å²) in [4.78, 5) is 27.1. The van der Waals surface area contributed by atoms with Crippen LogP contribution in [-0.2, 0) is 22.5 Å². The van der Waals surface area contributed by atoms with Crippen LogP contribution in [0.15, 0.2) is 30.5 Å². The fourth-order valence-corrected chi connectivity index (χ4v) is 6.19. The van der Waals surface area contributed by atoms with Gasteiger partial charge in [-0.05, 0) is 68.6 Å². The van der Waals surface area contributed by atoms with Crippen molar-refractivity contribution in [1.82, 2.24) is 15.5 Å². The van der Waals surface area contributed by atoms with Gasteiger partial charge < -0.3 is 20.3 Å². The molecule has 1 aromatic rings. The van der Waals surface area contributed by atoms with Gasteiger partial charge in [-0.15, -0.1) is 0 Å². The molecular formula is C27H34F3N3O3. The van der Waals surface area contributed by atoms with Gasteiger partial charge >= 0.3 is 6.18 Å². The highest BCUT2D eigenvalue weighted by atomic mass is 19.4. The average molecular weight is 506 g/mol. The Morgan fingerprint density at radius 1 is 1.11 bits per heavy atom. The SMILES string of the molecule is C=C1CCC(N2Cc3cc(C[C@H]4OCCC[C@@H]4N[C@H]4CC[C@@H](C(F)(F)F)CC4)ccc3C2=O)C(=O)N1. The number of amides is 2. The first kappa shape index (κ1) is 25.3. The molecule has 6 nitrogen and oxygen atoms in total. The predicted octanol–water partition coefficient (Wildman–Crippen LogP) is 4.24. The summed E-state index contributed by atoms with van der Waals surface area (Å²) < 4.78 is 45.2. The Labute approximate surface area is 209 Å². The molecule has 0 bridgehead atoms. The molecule has 1 unspecified atom stereocenters. The van der Waals surface area contributed by atoms with Crippen molar-refractivity contribution < 1.29 is 27.5 Å². The molecule has 2 saturated heterocycles. The van der Waals surface area contributed by atoms with Gasteiger partial charge in [0, 0.05) is 42.9 Å². The lowest BCUT2D eigenvalue weighted by molar-refractivity contribution is -0.183. The number of hydrogen-bond donors (Lipinski definition) is 2. The van der Waals surface area contributed by atoms with Gasteiger partial charge in [0.25, 0.3) is 5.91 Å². The molecule has 1 aromatic carbocycles. The van der Waals surface area contributed by atoms with E-state index in [1.54, 1.807) is 4.90 Å². The second kappa shape index (κ2) is 10.2. The number of halogens is 3. The Kier molecular flexibility index (Phi) is 7.14. The minimum absolute atomic E-state index is 0.0690. The number of nitrogens with zero attached hydrogens (tertiary/aromatic N) is 1. The van der Waals surface area contributed by atoms with Crippen LogP contribution in [0.4, 0.5) is 13.2 Å². The van der Waals surface area contributed by atoms with Crippen LogP contribution >= 0.6 is 0 Å². The monoisotopic (exact) mass is 505 g/mol. The van der Waals surface area contributed by atoms with Crippen molar-refractivity contribution in [3.8, 4) is 0 Å². The van der Waals surface area contributed by atoms with Gasteiger partial charge in [-0.1, -0.05) is 18.7 Å². The van der Waals surface area contributed by atoms with Gasteiger partial charge in [0.15, 0.2) is 0 Å². The van der Waals surface area contributed by atoms with Gasteiger partial charge in [0.05, 0.1) is 12.0 Å². The lowest BCUT2D eigenvalue weighted by atomic mass is 9.84. The fourth-order valence-electron chi connectivity index (χ4n) is 6.19. The zero-order valence-electron chi connectivity index (χ0n) is 20.4. The van der Waals surface area contributed by atoms with Gasteiger partial charge in [-0.2, -0.15) is 13.2 Å². The van der Waals surface area contributed by atoms with Crippen LogP contribution in [0.1, 0.15) is 72.9 Å².